The lowest BCUT2D eigenvalue weighted by Gasteiger charge is -2.13. The molecule has 0 fully saturated rings. The first-order valence-corrected chi connectivity index (χ1v) is 6.88. The smallest absolute Gasteiger partial charge is 0.242 e. The maximum absolute atomic E-state index is 11.6. The van der Waals surface area contributed by atoms with Gasteiger partial charge >= 0.3 is 0 Å². The van der Waals surface area contributed by atoms with Crippen LogP contribution in [0.5, 0.6) is 0 Å². The van der Waals surface area contributed by atoms with Crippen LogP contribution in [-0.4, -0.2) is 44.7 Å². The van der Waals surface area contributed by atoms with Crippen molar-refractivity contribution in [2.45, 2.75) is 45.1 Å². The van der Waals surface area contributed by atoms with E-state index >= 15 is 0 Å². The number of carbonyl (C=O) groups is 2. The minimum absolute atomic E-state index is 0.0814. The second-order valence-corrected chi connectivity index (χ2v) is 4.53. The first-order chi connectivity index (χ1) is 9.11. The molecule has 0 saturated carbocycles. The van der Waals surface area contributed by atoms with Gasteiger partial charge in [-0.3, -0.25) is 9.59 Å². The largest absolute Gasteiger partial charge is 0.383 e. The summed E-state index contributed by atoms with van der Waals surface area (Å²) in [5.74, 6) is -0.268. The Morgan fingerprint density at radius 2 is 1.89 bits per heavy atom. The molecule has 0 spiro atoms. The van der Waals surface area contributed by atoms with E-state index in [0.717, 1.165) is 25.7 Å². The number of carbonyl (C=O) groups excluding carboxylic acids is 2. The summed E-state index contributed by atoms with van der Waals surface area (Å²) in [5.41, 5.74) is 5.39. The first-order valence-electron chi connectivity index (χ1n) is 6.88. The highest BCUT2D eigenvalue weighted by atomic mass is 16.5. The summed E-state index contributed by atoms with van der Waals surface area (Å²) in [6.07, 6.45) is 4.35. The third kappa shape index (κ3) is 10.5. The summed E-state index contributed by atoms with van der Waals surface area (Å²) in [5, 5.41) is 5.36. The van der Waals surface area contributed by atoms with Gasteiger partial charge in [0.2, 0.25) is 11.8 Å². The highest BCUT2D eigenvalue weighted by Gasteiger charge is 2.14. The van der Waals surface area contributed by atoms with Crippen LogP contribution in [0.2, 0.25) is 0 Å². The second-order valence-electron chi connectivity index (χ2n) is 4.53. The van der Waals surface area contributed by atoms with Crippen LogP contribution in [0, 0.1) is 0 Å². The molecule has 0 bridgehead atoms. The summed E-state index contributed by atoms with van der Waals surface area (Å²) in [6, 6.07) is -0.506. The van der Waals surface area contributed by atoms with E-state index < -0.39 is 6.04 Å². The van der Waals surface area contributed by atoms with E-state index in [2.05, 4.69) is 10.6 Å². The van der Waals surface area contributed by atoms with Gasteiger partial charge in [0.1, 0.15) is 6.04 Å². The van der Waals surface area contributed by atoms with Gasteiger partial charge in [0.25, 0.3) is 0 Å². The van der Waals surface area contributed by atoms with Gasteiger partial charge in [0.15, 0.2) is 0 Å². The van der Waals surface area contributed by atoms with Crippen LogP contribution in [0.3, 0.4) is 0 Å². The van der Waals surface area contributed by atoms with Crippen molar-refractivity contribution in [2.24, 2.45) is 5.73 Å². The van der Waals surface area contributed by atoms with Gasteiger partial charge in [-0.2, -0.15) is 0 Å². The van der Waals surface area contributed by atoms with Crippen LogP contribution >= 0.6 is 0 Å². The van der Waals surface area contributed by atoms with Gasteiger partial charge in [-0.25, -0.2) is 0 Å². The van der Waals surface area contributed by atoms with Crippen molar-refractivity contribution in [3.05, 3.63) is 0 Å². The Morgan fingerprint density at radius 3 is 2.53 bits per heavy atom. The zero-order chi connectivity index (χ0) is 14.5. The summed E-state index contributed by atoms with van der Waals surface area (Å²) in [6.45, 7) is 3.29. The number of hydrogen-bond acceptors (Lipinski definition) is 4. The predicted octanol–water partition coefficient (Wildman–Crippen LogP) is 0.163. The van der Waals surface area contributed by atoms with Crippen molar-refractivity contribution >= 4 is 11.8 Å². The highest BCUT2D eigenvalue weighted by Crippen LogP contribution is 2.02. The molecule has 0 aliphatic heterocycles. The van der Waals surface area contributed by atoms with E-state index in [9.17, 15) is 9.59 Å². The number of nitrogens with two attached hydrogens (primary N) is 1. The Balaban J connectivity index is 3.64. The fraction of sp³-hybridized carbons (Fsp3) is 0.846. The van der Waals surface area contributed by atoms with E-state index in [1.165, 1.54) is 0 Å². The van der Waals surface area contributed by atoms with E-state index in [1.807, 2.05) is 0 Å². The zero-order valence-corrected chi connectivity index (χ0v) is 12.0. The van der Waals surface area contributed by atoms with Crippen LogP contribution in [0.25, 0.3) is 0 Å². The van der Waals surface area contributed by atoms with Crippen molar-refractivity contribution in [1.29, 1.82) is 0 Å². The van der Waals surface area contributed by atoms with E-state index in [-0.39, 0.29) is 11.8 Å². The number of methoxy groups -OCH3 is 1. The first kappa shape index (κ1) is 17.9. The molecule has 0 aliphatic rings. The average Bonchev–Trinajstić information content (AvgIpc) is 2.38. The van der Waals surface area contributed by atoms with Crippen molar-refractivity contribution in [1.82, 2.24) is 10.6 Å². The number of hydrogen-bond donors (Lipinski definition) is 3. The predicted molar refractivity (Wildman–Crippen MR) is 74.6 cm³/mol. The number of ether oxygens (including phenoxy) is 1. The standard InChI is InChI=1S/C13H27N3O3/c1-11(13(18)15-9-10-19-2)16-12(17)7-5-3-4-6-8-14/h11H,3-10,14H2,1-2H3,(H,15,18)(H,16,17). The molecule has 4 N–H and O–H groups in total. The van der Waals surface area contributed by atoms with Gasteiger partial charge in [-0.05, 0) is 26.3 Å². The van der Waals surface area contributed by atoms with Gasteiger partial charge in [0.05, 0.1) is 6.61 Å². The summed E-state index contributed by atoms with van der Waals surface area (Å²) >= 11 is 0. The van der Waals surface area contributed by atoms with Gasteiger partial charge in [0, 0.05) is 20.1 Å². The molecule has 0 heterocycles. The molecule has 0 aromatic heterocycles. The molecule has 0 aromatic carbocycles. The molecule has 2 amide bonds. The molecule has 0 saturated heterocycles. The Hall–Kier alpha value is -1.14. The maximum Gasteiger partial charge on any atom is 0.242 e. The zero-order valence-electron chi connectivity index (χ0n) is 12.0. The second kappa shape index (κ2) is 11.9. The normalized spacial score (nSPS) is 11.9. The molecule has 112 valence electrons. The molecule has 1 unspecified atom stereocenters. The molecule has 0 aliphatic carbocycles. The molecule has 1 atom stereocenters. The van der Waals surface area contributed by atoms with Crippen molar-refractivity contribution in [3.63, 3.8) is 0 Å². The van der Waals surface area contributed by atoms with E-state index in [1.54, 1.807) is 14.0 Å². The Kier molecular flexibility index (Phi) is 11.2. The minimum atomic E-state index is -0.506. The van der Waals surface area contributed by atoms with Gasteiger partial charge in [-0.15, -0.1) is 0 Å². The monoisotopic (exact) mass is 273 g/mol. The van der Waals surface area contributed by atoms with E-state index in [0.29, 0.717) is 26.1 Å². The molecule has 19 heavy (non-hydrogen) atoms. The number of unbranched alkanes of at least 4 members (excludes halogenated alkanes) is 3. The Labute approximate surface area is 115 Å². The van der Waals surface area contributed by atoms with Crippen LogP contribution in [0.1, 0.15) is 39.0 Å². The van der Waals surface area contributed by atoms with Crippen molar-refractivity contribution in [2.75, 3.05) is 26.8 Å². The summed E-state index contributed by atoms with van der Waals surface area (Å²) in [4.78, 5) is 23.2. The highest BCUT2D eigenvalue weighted by molar-refractivity contribution is 5.87. The van der Waals surface area contributed by atoms with Gasteiger partial charge in [-0.1, -0.05) is 12.8 Å². The maximum atomic E-state index is 11.6. The molecular formula is C13H27N3O3. The molecule has 6 heteroatoms. The molecule has 0 aromatic rings. The minimum Gasteiger partial charge on any atom is -0.383 e. The van der Waals surface area contributed by atoms with Gasteiger partial charge < -0.3 is 21.1 Å². The molecule has 6 nitrogen and oxygen atoms in total. The quantitative estimate of drug-likeness (QED) is 0.468. The SMILES string of the molecule is COCCNC(=O)C(C)NC(=O)CCCCCCN. The van der Waals surface area contributed by atoms with Crippen LogP contribution in [0.4, 0.5) is 0 Å². The summed E-state index contributed by atoms with van der Waals surface area (Å²) < 4.78 is 4.83. The lowest BCUT2D eigenvalue weighted by atomic mass is 10.1. The lowest BCUT2D eigenvalue weighted by Crippen LogP contribution is -2.45. The van der Waals surface area contributed by atoms with Crippen molar-refractivity contribution < 1.29 is 14.3 Å². The van der Waals surface area contributed by atoms with Crippen LogP contribution < -0.4 is 16.4 Å². The fourth-order valence-electron chi connectivity index (χ4n) is 1.59. The average molecular weight is 273 g/mol. The Morgan fingerprint density at radius 1 is 1.21 bits per heavy atom. The third-order valence-corrected chi connectivity index (χ3v) is 2.73. The number of nitrogens with one attached hydrogen (secondary N) is 2. The number of rotatable bonds is 11. The molecule has 0 radical (unpaired) electrons. The number of amides is 2. The topological polar surface area (TPSA) is 93.5 Å². The third-order valence-electron chi connectivity index (χ3n) is 2.73. The molecular weight excluding hydrogens is 246 g/mol. The van der Waals surface area contributed by atoms with E-state index in [4.69, 9.17) is 10.5 Å². The van der Waals surface area contributed by atoms with Crippen LogP contribution in [-0.2, 0) is 14.3 Å². The summed E-state index contributed by atoms with van der Waals surface area (Å²) in [7, 11) is 1.57. The Bertz CT molecular complexity index is 260. The lowest BCUT2D eigenvalue weighted by molar-refractivity contribution is -0.128. The fourth-order valence-corrected chi connectivity index (χ4v) is 1.59. The van der Waals surface area contributed by atoms with Crippen LogP contribution in [0.15, 0.2) is 0 Å². The van der Waals surface area contributed by atoms with Crippen molar-refractivity contribution in [3.8, 4) is 0 Å². The molecule has 0 rings (SSSR count).